The topological polar surface area (TPSA) is 0 Å². The first-order chi connectivity index (χ1) is 14.1. The zero-order chi connectivity index (χ0) is 23.8. The molecule has 0 heterocycles. The van der Waals surface area contributed by atoms with Gasteiger partial charge in [0.05, 0.1) is 0 Å². The molecule has 0 aliphatic heterocycles. The molecule has 0 nitrogen and oxygen atoms in total. The molecule has 0 unspecified atom stereocenters. The molecular formula is C27H36F4. The van der Waals surface area contributed by atoms with Crippen molar-refractivity contribution in [2.24, 2.45) is 0 Å². The van der Waals surface area contributed by atoms with Gasteiger partial charge in [0, 0.05) is 5.56 Å². The lowest BCUT2D eigenvalue weighted by atomic mass is 9.71. The third kappa shape index (κ3) is 5.70. The van der Waals surface area contributed by atoms with E-state index in [0.29, 0.717) is 36.0 Å². The molecule has 0 N–H and O–H groups in total. The van der Waals surface area contributed by atoms with Crippen LogP contribution in [-0.4, -0.2) is 0 Å². The summed E-state index contributed by atoms with van der Waals surface area (Å²) in [5.41, 5.74) is 0.922. The van der Waals surface area contributed by atoms with Gasteiger partial charge in [0.2, 0.25) is 0 Å². The van der Waals surface area contributed by atoms with Crippen LogP contribution in [0.4, 0.5) is 17.6 Å². The van der Waals surface area contributed by atoms with Gasteiger partial charge in [-0.1, -0.05) is 67.5 Å². The molecule has 0 radical (unpaired) electrons. The molecule has 0 atom stereocenters. The number of aryl methyl sites for hydroxylation is 1. The van der Waals surface area contributed by atoms with Crippen LogP contribution in [-0.2, 0) is 22.7 Å². The maximum Gasteiger partial charge on any atom is 0.264 e. The second kappa shape index (κ2) is 8.96. The van der Waals surface area contributed by atoms with Crippen LogP contribution >= 0.6 is 0 Å². The second-order valence-corrected chi connectivity index (χ2v) is 10.9. The van der Waals surface area contributed by atoms with Crippen molar-refractivity contribution in [3.63, 3.8) is 0 Å². The van der Waals surface area contributed by atoms with Gasteiger partial charge in [-0.15, -0.1) is 0 Å². The van der Waals surface area contributed by atoms with Crippen LogP contribution in [0, 0.1) is 11.6 Å². The highest BCUT2D eigenvalue weighted by molar-refractivity contribution is 5.40. The maximum atomic E-state index is 14.7. The first kappa shape index (κ1) is 25.4. The van der Waals surface area contributed by atoms with E-state index in [1.54, 1.807) is 13.0 Å². The normalized spacial score (nSPS) is 13.2. The molecule has 0 saturated heterocycles. The van der Waals surface area contributed by atoms with E-state index >= 15 is 0 Å². The summed E-state index contributed by atoms with van der Waals surface area (Å²) in [4.78, 5) is 0. The Bertz CT molecular complexity index is 918. The molecule has 0 saturated carbocycles. The Labute approximate surface area is 185 Å². The van der Waals surface area contributed by atoms with E-state index in [-0.39, 0.29) is 16.8 Å². The second-order valence-electron chi connectivity index (χ2n) is 10.9. The number of hydrogen-bond donors (Lipinski definition) is 0. The fraction of sp³-hybridized carbons (Fsp3) is 0.556. The van der Waals surface area contributed by atoms with Crippen LogP contribution < -0.4 is 0 Å². The molecule has 0 fully saturated rings. The van der Waals surface area contributed by atoms with Gasteiger partial charge < -0.3 is 0 Å². The van der Waals surface area contributed by atoms with E-state index in [2.05, 4.69) is 0 Å². The Morgan fingerprint density at radius 3 is 1.84 bits per heavy atom. The smallest absolute Gasteiger partial charge is 0.207 e. The first-order valence-corrected chi connectivity index (χ1v) is 11.0. The van der Waals surface area contributed by atoms with Crippen molar-refractivity contribution in [1.82, 2.24) is 0 Å². The minimum absolute atomic E-state index is 0.0700. The molecule has 4 heteroatoms. The number of benzene rings is 2. The molecule has 2 aromatic carbocycles. The molecule has 0 aromatic heterocycles. The van der Waals surface area contributed by atoms with Crippen LogP contribution in [0.2, 0.25) is 0 Å². The van der Waals surface area contributed by atoms with Gasteiger partial charge >= 0.3 is 0 Å². The summed E-state index contributed by atoms with van der Waals surface area (Å²) >= 11 is 0. The van der Waals surface area contributed by atoms with Gasteiger partial charge in [-0.05, 0) is 76.0 Å². The fourth-order valence-corrected chi connectivity index (χ4v) is 4.13. The quantitative estimate of drug-likeness (QED) is 0.380. The zero-order valence-electron chi connectivity index (χ0n) is 20.1. The minimum atomic E-state index is -2.55. The summed E-state index contributed by atoms with van der Waals surface area (Å²) in [6.07, 6.45) is -0.871. The standard InChI is InChI=1S/C27H36F4/c1-9-17-14-23(29)21(16-22(17)28)27(7,8)13-12-26(5,6)18-10-11-20(25(2,3)4)19(15-18)24(30)31/h10-11,14-16,24H,9,12-13H2,1-8H3. The number of rotatable bonds is 7. The van der Waals surface area contributed by atoms with E-state index in [9.17, 15) is 17.6 Å². The molecule has 0 spiro atoms. The fourth-order valence-electron chi connectivity index (χ4n) is 4.13. The van der Waals surface area contributed by atoms with E-state index in [4.69, 9.17) is 0 Å². The summed E-state index contributed by atoms with van der Waals surface area (Å²) in [5, 5.41) is 0. The third-order valence-corrected chi connectivity index (χ3v) is 6.50. The first-order valence-electron chi connectivity index (χ1n) is 11.0. The Morgan fingerprint density at radius 2 is 1.32 bits per heavy atom. The number of hydrogen-bond acceptors (Lipinski definition) is 0. The Kier molecular flexibility index (Phi) is 7.34. The van der Waals surface area contributed by atoms with Crippen molar-refractivity contribution in [3.8, 4) is 0 Å². The summed E-state index contributed by atoms with van der Waals surface area (Å²) in [6, 6.07) is 7.96. The highest BCUT2D eigenvalue weighted by atomic mass is 19.3. The molecule has 172 valence electrons. The molecule has 0 bridgehead atoms. The van der Waals surface area contributed by atoms with Gasteiger partial charge in [-0.3, -0.25) is 0 Å². The van der Waals surface area contributed by atoms with Crippen LogP contribution in [0.25, 0.3) is 0 Å². The van der Waals surface area contributed by atoms with Crippen LogP contribution in [0.5, 0.6) is 0 Å². The molecule has 0 amide bonds. The summed E-state index contributed by atoms with van der Waals surface area (Å²) in [6.45, 7) is 15.4. The van der Waals surface area contributed by atoms with Crippen molar-refractivity contribution in [3.05, 3.63) is 69.8 Å². The van der Waals surface area contributed by atoms with Crippen molar-refractivity contribution >= 4 is 0 Å². The molecule has 31 heavy (non-hydrogen) atoms. The Morgan fingerprint density at radius 1 is 0.742 bits per heavy atom. The van der Waals surface area contributed by atoms with Crippen molar-refractivity contribution in [1.29, 1.82) is 0 Å². The van der Waals surface area contributed by atoms with Crippen LogP contribution in [0.1, 0.15) is 102 Å². The maximum absolute atomic E-state index is 14.7. The van der Waals surface area contributed by atoms with Crippen molar-refractivity contribution in [2.45, 2.75) is 97.3 Å². The highest BCUT2D eigenvalue weighted by Crippen LogP contribution is 2.40. The summed E-state index contributed by atoms with van der Waals surface area (Å²) in [5.74, 6) is -0.777. The summed E-state index contributed by atoms with van der Waals surface area (Å²) in [7, 11) is 0. The van der Waals surface area contributed by atoms with E-state index in [0.717, 1.165) is 5.56 Å². The predicted molar refractivity (Wildman–Crippen MR) is 121 cm³/mol. The van der Waals surface area contributed by atoms with Crippen LogP contribution in [0.3, 0.4) is 0 Å². The zero-order valence-corrected chi connectivity index (χ0v) is 20.1. The lowest BCUT2D eigenvalue weighted by Crippen LogP contribution is -2.26. The van der Waals surface area contributed by atoms with Crippen molar-refractivity contribution < 1.29 is 17.6 Å². The van der Waals surface area contributed by atoms with Gasteiger partial charge in [0.25, 0.3) is 6.43 Å². The molecule has 2 rings (SSSR count). The molecule has 2 aromatic rings. The average Bonchev–Trinajstić information content (AvgIpc) is 2.66. The predicted octanol–water partition coefficient (Wildman–Crippen LogP) is 8.80. The molecular weight excluding hydrogens is 400 g/mol. The van der Waals surface area contributed by atoms with E-state index in [1.807, 2.05) is 60.6 Å². The summed E-state index contributed by atoms with van der Waals surface area (Å²) < 4.78 is 56.6. The van der Waals surface area contributed by atoms with Crippen molar-refractivity contribution in [2.75, 3.05) is 0 Å². The van der Waals surface area contributed by atoms with Gasteiger partial charge in [0.1, 0.15) is 11.6 Å². The molecule has 0 aliphatic carbocycles. The van der Waals surface area contributed by atoms with Gasteiger partial charge in [0.15, 0.2) is 0 Å². The minimum Gasteiger partial charge on any atom is -0.207 e. The average molecular weight is 437 g/mol. The lowest BCUT2D eigenvalue weighted by molar-refractivity contribution is 0.148. The number of alkyl halides is 2. The lowest BCUT2D eigenvalue weighted by Gasteiger charge is -2.33. The monoisotopic (exact) mass is 436 g/mol. The molecule has 0 aliphatic rings. The largest absolute Gasteiger partial charge is 0.264 e. The SMILES string of the molecule is CCc1cc(F)c(C(C)(C)CCC(C)(C)c2ccc(C(C)(C)C)c(C(F)F)c2)cc1F. The Balaban J connectivity index is 2.32. The van der Waals surface area contributed by atoms with Gasteiger partial charge in [-0.2, -0.15) is 0 Å². The Hall–Kier alpha value is -1.84. The number of halogens is 4. The van der Waals surface area contributed by atoms with Crippen LogP contribution in [0.15, 0.2) is 30.3 Å². The third-order valence-electron chi connectivity index (χ3n) is 6.50. The highest BCUT2D eigenvalue weighted by Gasteiger charge is 2.31. The van der Waals surface area contributed by atoms with Gasteiger partial charge in [-0.25, -0.2) is 17.6 Å². The van der Waals surface area contributed by atoms with E-state index < -0.39 is 23.1 Å². The van der Waals surface area contributed by atoms with E-state index in [1.165, 1.54) is 12.1 Å².